The van der Waals surface area contributed by atoms with Crippen molar-refractivity contribution in [2.45, 2.75) is 26.7 Å². The topological polar surface area (TPSA) is 52.3 Å². The molecule has 2 N–H and O–H groups in total. The highest BCUT2D eigenvalue weighted by atomic mass is 16.5. The summed E-state index contributed by atoms with van der Waals surface area (Å²) in [6.07, 6.45) is 1.20. The van der Waals surface area contributed by atoms with E-state index in [-0.39, 0.29) is 5.97 Å². The number of anilines is 1. The molecule has 0 aliphatic carbocycles. The lowest BCUT2D eigenvalue weighted by Crippen LogP contribution is -2.08. The molecule has 1 aromatic carbocycles. The molecule has 0 saturated carbocycles. The molecule has 3 heteroatoms. The number of carbonyl (C=O) groups excluding carboxylic acids is 1. The molecule has 0 saturated heterocycles. The third-order valence-corrected chi connectivity index (χ3v) is 2.24. The molecule has 3 nitrogen and oxygen atoms in total. The summed E-state index contributed by atoms with van der Waals surface area (Å²) in [5.74, 6) is -0.207. The minimum atomic E-state index is -0.207. The predicted molar refractivity (Wildman–Crippen MR) is 60.6 cm³/mol. The number of aryl methyl sites for hydroxylation is 1. The highest BCUT2D eigenvalue weighted by Gasteiger charge is 2.05. The van der Waals surface area contributed by atoms with Crippen LogP contribution in [0.3, 0.4) is 0 Å². The van der Waals surface area contributed by atoms with Gasteiger partial charge < -0.3 is 10.5 Å². The Morgan fingerprint density at radius 1 is 1.40 bits per heavy atom. The average molecular weight is 207 g/mol. The summed E-state index contributed by atoms with van der Waals surface area (Å²) in [5, 5.41) is 0. The van der Waals surface area contributed by atoms with Crippen molar-refractivity contribution < 1.29 is 9.53 Å². The van der Waals surface area contributed by atoms with Gasteiger partial charge in [-0.15, -0.1) is 0 Å². The van der Waals surface area contributed by atoms with Crippen LogP contribution in [0.2, 0.25) is 0 Å². The molecule has 0 amide bonds. The Morgan fingerprint density at radius 2 is 2.13 bits per heavy atom. The molecular formula is C12H17NO2. The average Bonchev–Trinajstić information content (AvgIpc) is 2.18. The lowest BCUT2D eigenvalue weighted by atomic mass is 10.1. The molecule has 15 heavy (non-hydrogen) atoms. The summed E-state index contributed by atoms with van der Waals surface area (Å²) in [5.41, 5.74) is 8.60. The third kappa shape index (κ3) is 3.27. The van der Waals surface area contributed by atoms with Crippen LogP contribution in [0.5, 0.6) is 0 Å². The molecule has 0 unspecified atom stereocenters. The van der Waals surface area contributed by atoms with Gasteiger partial charge in [0.15, 0.2) is 0 Å². The lowest BCUT2D eigenvalue weighted by molar-refractivity contribution is -0.142. The SMILES string of the molecule is CCOC(=O)Cc1ccc(CC)c(N)c1. The number of rotatable bonds is 4. The van der Waals surface area contributed by atoms with Crippen molar-refractivity contribution in [1.82, 2.24) is 0 Å². The van der Waals surface area contributed by atoms with Gasteiger partial charge in [-0.3, -0.25) is 4.79 Å². The number of hydrogen-bond acceptors (Lipinski definition) is 3. The van der Waals surface area contributed by atoms with Crippen LogP contribution >= 0.6 is 0 Å². The van der Waals surface area contributed by atoms with Gasteiger partial charge >= 0.3 is 5.97 Å². The smallest absolute Gasteiger partial charge is 0.310 e. The van der Waals surface area contributed by atoms with Gasteiger partial charge in [0.25, 0.3) is 0 Å². The van der Waals surface area contributed by atoms with Gasteiger partial charge in [0.2, 0.25) is 0 Å². The van der Waals surface area contributed by atoms with Crippen LogP contribution < -0.4 is 5.73 Å². The Kier molecular flexibility index (Phi) is 4.16. The molecular weight excluding hydrogens is 190 g/mol. The maximum Gasteiger partial charge on any atom is 0.310 e. The van der Waals surface area contributed by atoms with Crippen molar-refractivity contribution in [3.8, 4) is 0 Å². The fraction of sp³-hybridized carbons (Fsp3) is 0.417. The second-order valence-electron chi connectivity index (χ2n) is 3.37. The first-order valence-electron chi connectivity index (χ1n) is 5.20. The van der Waals surface area contributed by atoms with Crippen LogP contribution in [0.4, 0.5) is 5.69 Å². The molecule has 0 atom stereocenters. The van der Waals surface area contributed by atoms with Crippen LogP contribution in [-0.2, 0) is 22.4 Å². The van der Waals surface area contributed by atoms with Crippen molar-refractivity contribution in [3.63, 3.8) is 0 Å². The van der Waals surface area contributed by atoms with E-state index in [1.54, 1.807) is 6.92 Å². The van der Waals surface area contributed by atoms with Crippen molar-refractivity contribution in [2.75, 3.05) is 12.3 Å². The highest BCUT2D eigenvalue weighted by Crippen LogP contribution is 2.15. The number of carbonyl (C=O) groups is 1. The van der Waals surface area contributed by atoms with E-state index in [4.69, 9.17) is 10.5 Å². The molecule has 82 valence electrons. The summed E-state index contributed by atoms with van der Waals surface area (Å²) in [4.78, 5) is 11.2. The number of nitrogens with two attached hydrogens (primary N) is 1. The van der Waals surface area contributed by atoms with Crippen LogP contribution in [-0.4, -0.2) is 12.6 Å². The van der Waals surface area contributed by atoms with Crippen LogP contribution in [0, 0.1) is 0 Å². The summed E-state index contributed by atoms with van der Waals surface area (Å²) in [7, 11) is 0. The zero-order valence-corrected chi connectivity index (χ0v) is 9.25. The molecule has 1 aromatic rings. The van der Waals surface area contributed by atoms with Crippen molar-refractivity contribution in [2.24, 2.45) is 0 Å². The van der Waals surface area contributed by atoms with E-state index in [0.717, 1.165) is 23.2 Å². The van der Waals surface area contributed by atoms with Crippen LogP contribution in [0.1, 0.15) is 25.0 Å². The molecule has 0 radical (unpaired) electrons. The van der Waals surface area contributed by atoms with Gasteiger partial charge in [-0.25, -0.2) is 0 Å². The fourth-order valence-electron chi connectivity index (χ4n) is 1.46. The third-order valence-electron chi connectivity index (χ3n) is 2.24. The maximum absolute atomic E-state index is 11.2. The monoisotopic (exact) mass is 207 g/mol. The second-order valence-corrected chi connectivity index (χ2v) is 3.37. The van der Waals surface area contributed by atoms with Crippen molar-refractivity contribution in [1.29, 1.82) is 0 Å². The van der Waals surface area contributed by atoms with E-state index >= 15 is 0 Å². The number of ether oxygens (including phenoxy) is 1. The summed E-state index contributed by atoms with van der Waals surface area (Å²) in [6, 6.07) is 5.73. The molecule has 0 fully saturated rings. The zero-order chi connectivity index (χ0) is 11.3. The van der Waals surface area contributed by atoms with Crippen LogP contribution in [0.25, 0.3) is 0 Å². The first-order chi connectivity index (χ1) is 7.17. The molecule has 0 aromatic heterocycles. The molecule has 0 aliphatic heterocycles. The number of benzene rings is 1. The van der Waals surface area contributed by atoms with Gasteiger partial charge in [-0.05, 0) is 30.5 Å². The first-order valence-corrected chi connectivity index (χ1v) is 5.20. The van der Waals surface area contributed by atoms with Gasteiger partial charge in [0.05, 0.1) is 13.0 Å². The van der Waals surface area contributed by atoms with Crippen molar-refractivity contribution in [3.05, 3.63) is 29.3 Å². The minimum Gasteiger partial charge on any atom is -0.466 e. The highest BCUT2D eigenvalue weighted by molar-refractivity contribution is 5.73. The summed E-state index contributed by atoms with van der Waals surface area (Å²) in [6.45, 7) is 4.27. The fourth-order valence-corrected chi connectivity index (χ4v) is 1.46. The minimum absolute atomic E-state index is 0.207. The van der Waals surface area contributed by atoms with E-state index < -0.39 is 0 Å². The second kappa shape index (κ2) is 5.39. The van der Waals surface area contributed by atoms with E-state index in [0.29, 0.717) is 13.0 Å². The summed E-state index contributed by atoms with van der Waals surface area (Å²) >= 11 is 0. The molecule has 1 rings (SSSR count). The van der Waals surface area contributed by atoms with Gasteiger partial charge in [0.1, 0.15) is 0 Å². The first kappa shape index (κ1) is 11.6. The van der Waals surface area contributed by atoms with E-state index in [1.807, 2.05) is 18.2 Å². The van der Waals surface area contributed by atoms with Gasteiger partial charge in [-0.2, -0.15) is 0 Å². The standard InChI is InChI=1S/C12H17NO2/c1-3-10-6-5-9(7-11(10)13)8-12(14)15-4-2/h5-7H,3-4,8,13H2,1-2H3. The molecule has 0 heterocycles. The molecule has 0 spiro atoms. The van der Waals surface area contributed by atoms with Crippen LogP contribution in [0.15, 0.2) is 18.2 Å². The van der Waals surface area contributed by atoms with E-state index in [9.17, 15) is 4.79 Å². The van der Waals surface area contributed by atoms with Gasteiger partial charge in [0, 0.05) is 5.69 Å². The van der Waals surface area contributed by atoms with E-state index in [2.05, 4.69) is 6.92 Å². The Hall–Kier alpha value is -1.51. The Morgan fingerprint density at radius 3 is 2.67 bits per heavy atom. The Bertz CT molecular complexity index is 347. The maximum atomic E-state index is 11.2. The Labute approximate surface area is 90.2 Å². The predicted octanol–water partition coefficient (Wildman–Crippen LogP) is 1.94. The van der Waals surface area contributed by atoms with Gasteiger partial charge in [-0.1, -0.05) is 19.1 Å². The summed E-state index contributed by atoms with van der Waals surface area (Å²) < 4.78 is 4.86. The number of esters is 1. The number of hydrogen-bond donors (Lipinski definition) is 1. The molecule has 0 bridgehead atoms. The molecule has 0 aliphatic rings. The largest absolute Gasteiger partial charge is 0.466 e. The Balaban J connectivity index is 2.71. The van der Waals surface area contributed by atoms with Crippen molar-refractivity contribution >= 4 is 11.7 Å². The lowest BCUT2D eigenvalue weighted by Gasteiger charge is -2.06. The van der Waals surface area contributed by atoms with E-state index in [1.165, 1.54) is 0 Å². The number of nitrogen functional groups attached to an aromatic ring is 1. The normalized spacial score (nSPS) is 10.0. The quantitative estimate of drug-likeness (QED) is 0.606. The zero-order valence-electron chi connectivity index (χ0n) is 9.25.